The fourth-order valence-corrected chi connectivity index (χ4v) is 4.05. The van der Waals surface area contributed by atoms with E-state index in [-0.39, 0.29) is 17.5 Å². The summed E-state index contributed by atoms with van der Waals surface area (Å²) in [6.45, 7) is 1.17. The number of thiocarbonyl (C=S) groups is 1. The van der Waals surface area contributed by atoms with Crippen LogP contribution in [-0.4, -0.2) is 59.0 Å². The van der Waals surface area contributed by atoms with E-state index in [1.54, 1.807) is 25.1 Å². The topological polar surface area (TPSA) is 102 Å². The summed E-state index contributed by atoms with van der Waals surface area (Å²) < 4.78 is 16.3. The zero-order valence-corrected chi connectivity index (χ0v) is 18.1. The molecular formula is C17H16BrNO7S2. The maximum atomic E-state index is 12.4. The van der Waals surface area contributed by atoms with E-state index >= 15 is 0 Å². The zero-order valence-electron chi connectivity index (χ0n) is 14.9. The Morgan fingerprint density at radius 1 is 1.39 bits per heavy atom. The van der Waals surface area contributed by atoms with E-state index in [0.29, 0.717) is 26.4 Å². The van der Waals surface area contributed by atoms with Gasteiger partial charge in [0.1, 0.15) is 10.9 Å². The van der Waals surface area contributed by atoms with Crippen molar-refractivity contribution < 1.29 is 33.7 Å². The van der Waals surface area contributed by atoms with Gasteiger partial charge in [0.25, 0.3) is 5.91 Å². The van der Waals surface area contributed by atoms with Crippen LogP contribution in [-0.2, 0) is 19.1 Å². The number of methoxy groups -OCH3 is 1. The number of thioether (sulfide) groups is 1. The number of esters is 1. The number of carbonyl (C=O) groups excluding carboxylic acids is 2. The van der Waals surface area contributed by atoms with Crippen LogP contribution in [0, 0.1) is 0 Å². The highest BCUT2D eigenvalue weighted by atomic mass is 79.9. The van der Waals surface area contributed by atoms with Crippen LogP contribution < -0.4 is 9.47 Å². The van der Waals surface area contributed by atoms with Crippen LogP contribution in [0.4, 0.5) is 0 Å². The lowest BCUT2D eigenvalue weighted by molar-refractivity contribution is -0.145. The molecule has 150 valence electrons. The molecule has 28 heavy (non-hydrogen) atoms. The van der Waals surface area contributed by atoms with Crippen molar-refractivity contribution in [2.45, 2.75) is 6.92 Å². The van der Waals surface area contributed by atoms with Crippen molar-refractivity contribution in [3.63, 3.8) is 0 Å². The van der Waals surface area contributed by atoms with Gasteiger partial charge in [0.05, 0.1) is 23.1 Å². The number of rotatable bonds is 8. The summed E-state index contributed by atoms with van der Waals surface area (Å²) in [5.41, 5.74) is 0.600. The third-order valence-corrected chi connectivity index (χ3v) is 5.32. The van der Waals surface area contributed by atoms with Gasteiger partial charge in [-0.05, 0) is 46.6 Å². The molecule has 0 atom stereocenters. The molecule has 11 heteroatoms. The van der Waals surface area contributed by atoms with Crippen molar-refractivity contribution >= 4 is 68.2 Å². The van der Waals surface area contributed by atoms with Crippen molar-refractivity contribution in [3.05, 3.63) is 27.1 Å². The van der Waals surface area contributed by atoms with E-state index in [2.05, 4.69) is 15.9 Å². The molecule has 0 aromatic heterocycles. The number of hydrogen-bond acceptors (Lipinski definition) is 8. The molecule has 0 aliphatic carbocycles. The minimum Gasteiger partial charge on any atom is -0.493 e. The first-order chi connectivity index (χ1) is 13.3. The Hall–Kier alpha value is -2.11. The number of carboxylic acid groups (broad SMARTS) is 1. The summed E-state index contributed by atoms with van der Waals surface area (Å²) in [6, 6.07) is 3.29. The second-order valence-corrected chi connectivity index (χ2v) is 7.82. The predicted molar refractivity (Wildman–Crippen MR) is 110 cm³/mol. The normalized spacial score (nSPS) is 15.1. The number of carbonyl (C=O) groups is 3. The number of nitrogens with zero attached hydrogens (tertiary/aromatic N) is 1. The average Bonchev–Trinajstić information content (AvgIpc) is 2.87. The summed E-state index contributed by atoms with van der Waals surface area (Å²) in [7, 11) is 1.44. The third-order valence-electron chi connectivity index (χ3n) is 3.36. The molecule has 1 N–H and O–H groups in total. The molecule has 1 fully saturated rings. The molecule has 0 bridgehead atoms. The number of hydrogen-bond donors (Lipinski definition) is 1. The lowest BCUT2D eigenvalue weighted by Gasteiger charge is -2.13. The molecule has 1 amide bonds. The maximum absolute atomic E-state index is 12.4. The highest BCUT2D eigenvalue weighted by Gasteiger charge is 2.33. The number of halogens is 1. The fraction of sp³-hybridized carbons (Fsp3) is 0.294. The van der Waals surface area contributed by atoms with Crippen molar-refractivity contribution in [1.29, 1.82) is 0 Å². The lowest BCUT2D eigenvalue weighted by Crippen LogP contribution is -2.33. The van der Waals surface area contributed by atoms with E-state index in [4.69, 9.17) is 31.5 Å². The van der Waals surface area contributed by atoms with Crippen LogP contribution in [0.25, 0.3) is 6.08 Å². The van der Waals surface area contributed by atoms with E-state index in [1.165, 1.54) is 7.11 Å². The van der Waals surface area contributed by atoms with Crippen molar-refractivity contribution in [2.24, 2.45) is 0 Å². The maximum Gasteiger partial charge on any atom is 0.344 e. The standard InChI is InChI=1S/C17H16BrNO7S2/c1-3-25-14(22)8-26-15-10(18)4-9(5-11(15)24-2)6-12-16(23)19(7-13(20)21)17(27)28-12/h4-6H,3,7-8H2,1-2H3,(H,20,21)/b12-6+. The van der Waals surface area contributed by atoms with Crippen molar-refractivity contribution in [3.8, 4) is 11.5 Å². The summed E-state index contributed by atoms with van der Waals surface area (Å²) in [5.74, 6) is -1.49. The molecule has 1 aromatic rings. The Kier molecular flexibility index (Phi) is 7.84. The molecule has 1 aliphatic heterocycles. The third kappa shape index (κ3) is 5.46. The highest BCUT2D eigenvalue weighted by molar-refractivity contribution is 9.10. The molecule has 0 spiro atoms. The fourth-order valence-electron chi connectivity index (χ4n) is 2.22. The van der Waals surface area contributed by atoms with Crippen LogP contribution in [0.3, 0.4) is 0 Å². The molecule has 1 heterocycles. The summed E-state index contributed by atoms with van der Waals surface area (Å²) >= 11 is 9.45. The number of amides is 1. The molecule has 0 radical (unpaired) electrons. The summed E-state index contributed by atoms with van der Waals surface area (Å²) in [4.78, 5) is 36.0. The van der Waals surface area contributed by atoms with Gasteiger partial charge in [-0.25, -0.2) is 4.79 Å². The van der Waals surface area contributed by atoms with Crippen molar-refractivity contribution in [1.82, 2.24) is 4.90 Å². The van der Waals surface area contributed by atoms with Gasteiger partial charge in [-0.15, -0.1) is 0 Å². The van der Waals surface area contributed by atoms with Gasteiger partial charge < -0.3 is 19.3 Å². The molecular weight excluding hydrogens is 474 g/mol. The van der Waals surface area contributed by atoms with Gasteiger partial charge in [-0.3, -0.25) is 14.5 Å². The van der Waals surface area contributed by atoms with Gasteiger partial charge in [0.2, 0.25) is 0 Å². The van der Waals surface area contributed by atoms with E-state index in [1.807, 2.05) is 0 Å². The molecule has 1 aromatic carbocycles. The van der Waals surface area contributed by atoms with Crippen LogP contribution in [0.5, 0.6) is 11.5 Å². The summed E-state index contributed by atoms with van der Waals surface area (Å²) in [5, 5.41) is 8.89. The first-order valence-electron chi connectivity index (χ1n) is 7.90. The van der Waals surface area contributed by atoms with Crippen LogP contribution in [0.1, 0.15) is 12.5 Å². The molecule has 1 aliphatic rings. The second-order valence-electron chi connectivity index (χ2n) is 5.29. The SMILES string of the molecule is CCOC(=O)COc1c(Br)cc(/C=C2/SC(=S)N(CC(=O)O)C2=O)cc1OC. The Labute approximate surface area is 178 Å². The molecule has 1 saturated heterocycles. The largest absolute Gasteiger partial charge is 0.493 e. The highest BCUT2D eigenvalue weighted by Crippen LogP contribution is 2.39. The Bertz CT molecular complexity index is 856. The first kappa shape index (κ1) is 22.2. The van der Waals surface area contributed by atoms with E-state index in [9.17, 15) is 14.4 Å². The molecule has 2 rings (SSSR count). The van der Waals surface area contributed by atoms with Crippen LogP contribution >= 0.6 is 39.9 Å². The zero-order chi connectivity index (χ0) is 20.8. The van der Waals surface area contributed by atoms with Crippen LogP contribution in [0.15, 0.2) is 21.5 Å². The smallest absolute Gasteiger partial charge is 0.344 e. The second kappa shape index (κ2) is 9.89. The minimum atomic E-state index is -1.15. The van der Waals surface area contributed by atoms with Gasteiger partial charge in [-0.1, -0.05) is 24.0 Å². The van der Waals surface area contributed by atoms with Gasteiger partial charge >= 0.3 is 11.9 Å². The molecule has 0 unspecified atom stereocenters. The average molecular weight is 490 g/mol. The number of carboxylic acids is 1. The Morgan fingerprint density at radius 3 is 2.71 bits per heavy atom. The monoisotopic (exact) mass is 489 g/mol. The Balaban J connectivity index is 2.25. The van der Waals surface area contributed by atoms with E-state index < -0.39 is 24.4 Å². The molecule has 8 nitrogen and oxygen atoms in total. The molecule has 0 saturated carbocycles. The van der Waals surface area contributed by atoms with Crippen LogP contribution in [0.2, 0.25) is 0 Å². The number of aliphatic carboxylic acids is 1. The minimum absolute atomic E-state index is 0.180. The van der Waals surface area contributed by atoms with E-state index in [0.717, 1.165) is 16.7 Å². The summed E-state index contributed by atoms with van der Waals surface area (Å²) in [6.07, 6.45) is 1.57. The number of ether oxygens (including phenoxy) is 3. The van der Waals surface area contributed by atoms with Crippen molar-refractivity contribution in [2.75, 3.05) is 26.9 Å². The quantitative estimate of drug-likeness (QED) is 0.335. The lowest BCUT2D eigenvalue weighted by atomic mass is 10.2. The van der Waals surface area contributed by atoms with Gasteiger partial charge in [-0.2, -0.15) is 0 Å². The Morgan fingerprint density at radius 2 is 2.11 bits per heavy atom. The first-order valence-corrected chi connectivity index (χ1v) is 9.91. The van der Waals surface area contributed by atoms with Gasteiger partial charge in [0.15, 0.2) is 18.1 Å². The van der Waals surface area contributed by atoms with Gasteiger partial charge in [0, 0.05) is 0 Å². The number of benzene rings is 1. The predicted octanol–water partition coefficient (Wildman–Crippen LogP) is 2.69.